The fraction of sp³-hybridized carbons (Fsp3) is 0.118. The minimum Gasteiger partial charge on any atom is -0.0622 e. The second-order valence-electron chi connectivity index (χ2n) is 8.92. The molecule has 0 atom stereocenters. The molecule has 1 aliphatic carbocycles. The number of halogens is 8. The van der Waals surface area contributed by atoms with Crippen LogP contribution in [-0.4, -0.2) is 24.7 Å². The van der Waals surface area contributed by atoms with Crippen molar-refractivity contribution in [3.8, 4) is 0 Å². The van der Waals surface area contributed by atoms with E-state index in [1.807, 2.05) is 52.5 Å². The van der Waals surface area contributed by atoms with Crippen LogP contribution >= 0.6 is 36.3 Å². The Morgan fingerprint density at radius 3 is 0.800 bits per heavy atom. The van der Waals surface area contributed by atoms with Crippen molar-refractivity contribution in [3.05, 3.63) is 160 Å². The summed E-state index contributed by atoms with van der Waals surface area (Å²) in [6, 6.07) is 44.2. The van der Waals surface area contributed by atoms with Crippen LogP contribution in [0.25, 0.3) is 0 Å². The second kappa shape index (κ2) is 21.4. The molecule has 1 saturated carbocycles. The molecule has 0 aromatic heterocycles. The Balaban J connectivity index is 0.000000342. The fourth-order valence-electron chi connectivity index (χ4n) is 3.93. The largest absolute Gasteiger partial charge is 0.0622 e. The maximum atomic E-state index is 11.1. The van der Waals surface area contributed by atoms with Gasteiger partial charge in [-0.3, -0.25) is 0 Å². The van der Waals surface area contributed by atoms with Gasteiger partial charge in [0.1, 0.15) is 0 Å². The number of alkyl halides is 6. The number of hydrogen-bond donors (Lipinski definition) is 0. The van der Waals surface area contributed by atoms with E-state index >= 15 is 0 Å². The van der Waals surface area contributed by atoms with Crippen molar-refractivity contribution in [3.63, 3.8) is 0 Å². The maximum absolute atomic E-state index is 11.1. The van der Waals surface area contributed by atoms with Crippen LogP contribution in [0, 0.1) is 38.3 Å². The fourth-order valence-corrected chi connectivity index (χ4v) is 9.28. The molecular weight excluding hydrogens is 789 g/mol. The van der Waals surface area contributed by atoms with Crippen LogP contribution in [0.3, 0.4) is 0 Å². The van der Waals surface area contributed by atoms with Gasteiger partial charge in [0, 0.05) is 6.17 Å². The summed E-state index contributed by atoms with van der Waals surface area (Å²) in [6.07, 6.45) is -3.38. The van der Waals surface area contributed by atoms with E-state index in [2.05, 4.69) is 134 Å². The average Bonchev–Trinajstić information content (AvgIpc) is 3.66. The molecule has 0 saturated heterocycles. The summed E-state index contributed by atoms with van der Waals surface area (Å²) < 4.78 is 76.0. The van der Waals surface area contributed by atoms with Crippen LogP contribution in [0.5, 0.6) is 0 Å². The first-order valence-electron chi connectivity index (χ1n) is 13.3. The van der Waals surface area contributed by atoms with Gasteiger partial charge in [-0.25, -0.2) is 26.3 Å². The summed E-state index contributed by atoms with van der Waals surface area (Å²) in [6.45, 7) is 0. The van der Waals surface area contributed by atoms with E-state index in [0.717, 1.165) is 0 Å². The Hall–Kier alpha value is -1.51. The topological polar surface area (TPSA) is 0 Å². The molecule has 5 rings (SSSR count). The quantitative estimate of drug-likeness (QED) is 0.0755. The van der Waals surface area contributed by atoms with Crippen molar-refractivity contribution in [2.24, 2.45) is 0 Å². The van der Waals surface area contributed by atoms with Gasteiger partial charge in [-0.2, -0.15) is 0 Å². The molecule has 0 aliphatic heterocycles. The maximum Gasteiger partial charge on any atom is -0.0195 e. The molecule has 0 heterocycles. The Labute approximate surface area is 283 Å². The van der Waals surface area contributed by atoms with E-state index in [9.17, 15) is 30.7 Å². The molecular formula is C34H29CoF7IP2. The zero-order valence-electron chi connectivity index (χ0n) is 23.6. The van der Waals surface area contributed by atoms with Crippen LogP contribution in [0.15, 0.2) is 121 Å². The van der Waals surface area contributed by atoms with Crippen molar-refractivity contribution >= 4 is 57.5 Å². The van der Waals surface area contributed by atoms with Crippen molar-refractivity contribution in [2.75, 3.05) is 12.3 Å². The smallest absolute Gasteiger partial charge is 0.0195 e. The molecule has 0 bridgehead atoms. The van der Waals surface area contributed by atoms with Crippen LogP contribution in [0.4, 0.5) is 30.7 Å². The van der Waals surface area contributed by atoms with Crippen molar-refractivity contribution in [1.29, 1.82) is 0 Å². The molecule has 5 radical (unpaired) electrons. The van der Waals surface area contributed by atoms with Gasteiger partial charge in [0.15, 0.2) is 0 Å². The predicted octanol–water partition coefficient (Wildman–Crippen LogP) is 9.77. The van der Waals surface area contributed by atoms with Gasteiger partial charge >= 0.3 is 45.3 Å². The molecule has 11 heteroatoms. The molecule has 0 unspecified atom stereocenters. The van der Waals surface area contributed by atoms with Gasteiger partial charge in [-0.05, 0) is 81.5 Å². The Morgan fingerprint density at radius 1 is 0.444 bits per heavy atom. The summed E-state index contributed by atoms with van der Waals surface area (Å²) >= 11 is 5.37. The zero-order chi connectivity index (χ0) is 33.1. The molecule has 1 aliphatic rings. The average molecular weight is 818 g/mol. The van der Waals surface area contributed by atoms with E-state index < -0.39 is 18.5 Å². The zero-order valence-corrected chi connectivity index (χ0v) is 28.6. The van der Waals surface area contributed by atoms with Gasteiger partial charge in [0.2, 0.25) is 0 Å². The van der Waals surface area contributed by atoms with Crippen LogP contribution in [0.1, 0.15) is 0 Å². The predicted molar refractivity (Wildman–Crippen MR) is 180 cm³/mol. The van der Waals surface area contributed by atoms with E-state index in [4.69, 9.17) is 0 Å². The molecule has 0 N–H and O–H groups in total. The SMILES string of the molecule is F[C-](C(F)(F)F)C(F)(F)F.[CH]1[CH][CH][CH][CH]1.[Co+][I].c1ccc(P(CCP(c2ccccc2)c2ccccc2)c2ccccc2)cc1. The first-order valence-corrected chi connectivity index (χ1v) is 19.7. The first-order chi connectivity index (χ1) is 21.6. The van der Waals surface area contributed by atoms with E-state index in [-0.39, 0.29) is 15.8 Å². The summed E-state index contributed by atoms with van der Waals surface area (Å²) in [5.41, 5.74) is 0. The molecule has 45 heavy (non-hydrogen) atoms. The second-order valence-corrected chi connectivity index (χ2v) is 13.6. The monoisotopic (exact) mass is 818 g/mol. The summed E-state index contributed by atoms with van der Waals surface area (Å²) in [7, 11) is -0.696. The normalized spacial score (nSPS) is 12.9. The van der Waals surface area contributed by atoms with Crippen molar-refractivity contribution in [1.82, 2.24) is 0 Å². The van der Waals surface area contributed by atoms with Crippen LogP contribution in [-0.2, 0) is 12.5 Å². The molecule has 1 fully saturated rings. The van der Waals surface area contributed by atoms with Gasteiger partial charge < -0.3 is 4.39 Å². The Bertz CT molecular complexity index is 1110. The van der Waals surface area contributed by atoms with Crippen molar-refractivity contribution < 1.29 is 43.3 Å². The number of hydrogen-bond acceptors (Lipinski definition) is 0. The van der Waals surface area contributed by atoms with Gasteiger partial charge in [0.05, 0.1) is 0 Å². The molecule has 4 aromatic rings. The minimum absolute atomic E-state index is 0.348. The standard InChI is InChI=1S/C26H24P2.C5H5.C3F7.Co.HI/c1-5-13-23(14-6-1)27(24-15-7-2-8-16-24)21-22-28(25-17-9-3-10-18-25)26-19-11-4-12-20-26;1-2-4-5-3-1;4-1(2(5,6)7)3(8,9)10;;/h1-20H,21-22H2;1-5H;;;1H/q;;-1;+2;/p-1. The minimum atomic E-state index is -5.93. The van der Waals surface area contributed by atoms with Gasteiger partial charge in [-0.15, -0.1) is 0 Å². The number of rotatable bonds is 7. The molecule has 4 aromatic carbocycles. The summed E-state index contributed by atoms with van der Waals surface area (Å²) in [4.78, 5) is 0. The van der Waals surface area contributed by atoms with Gasteiger partial charge in [-0.1, -0.05) is 121 Å². The molecule has 0 spiro atoms. The Kier molecular flexibility index (Phi) is 18.8. The first kappa shape index (κ1) is 39.7. The van der Waals surface area contributed by atoms with E-state index in [1.165, 1.54) is 33.5 Å². The third-order valence-electron chi connectivity index (χ3n) is 5.87. The van der Waals surface area contributed by atoms with Gasteiger partial charge in [0.25, 0.3) is 0 Å². The van der Waals surface area contributed by atoms with Crippen LogP contribution in [0.2, 0.25) is 0 Å². The molecule has 0 amide bonds. The van der Waals surface area contributed by atoms with Crippen molar-refractivity contribution in [2.45, 2.75) is 12.4 Å². The summed E-state index contributed by atoms with van der Waals surface area (Å²) in [5, 5.41) is 5.89. The molecule has 240 valence electrons. The molecule has 0 nitrogen and oxygen atoms in total. The Morgan fingerprint density at radius 2 is 0.644 bits per heavy atom. The van der Waals surface area contributed by atoms with E-state index in [0.29, 0.717) is 0 Å². The third kappa shape index (κ3) is 14.8. The van der Waals surface area contributed by atoms with E-state index in [1.54, 1.807) is 0 Å². The third-order valence-corrected chi connectivity index (χ3v) is 11.3. The van der Waals surface area contributed by atoms with Crippen LogP contribution < -0.4 is 21.2 Å². The number of benzene rings is 4. The summed E-state index contributed by atoms with van der Waals surface area (Å²) in [5.74, 6) is 0.